The van der Waals surface area contributed by atoms with Gasteiger partial charge in [0, 0.05) is 18.7 Å². The van der Waals surface area contributed by atoms with Crippen molar-refractivity contribution in [2.24, 2.45) is 0 Å². The van der Waals surface area contributed by atoms with Gasteiger partial charge in [-0.25, -0.2) is 0 Å². The molecular formula is C13H13NO3. The van der Waals surface area contributed by atoms with Crippen molar-refractivity contribution in [1.82, 2.24) is 4.98 Å². The number of rotatable bonds is 3. The molecule has 0 radical (unpaired) electrons. The van der Waals surface area contributed by atoms with Crippen LogP contribution in [0.2, 0.25) is 0 Å². The maximum Gasteiger partial charge on any atom is 0.317 e. The largest absolute Gasteiger partial charge is 0.465 e. The summed E-state index contributed by atoms with van der Waals surface area (Å²) < 4.78 is 4.73. The lowest BCUT2D eigenvalue weighted by molar-refractivity contribution is -0.141. The van der Waals surface area contributed by atoms with Crippen LogP contribution < -0.4 is 0 Å². The molecule has 0 atom stereocenters. The lowest BCUT2D eigenvalue weighted by atomic mass is 10.2. The van der Waals surface area contributed by atoms with Crippen LogP contribution in [0.15, 0.2) is 18.3 Å². The van der Waals surface area contributed by atoms with Gasteiger partial charge in [0.1, 0.15) is 12.1 Å². The molecule has 0 amide bonds. The van der Waals surface area contributed by atoms with Crippen molar-refractivity contribution in [3.8, 4) is 11.8 Å². The van der Waals surface area contributed by atoms with Crippen LogP contribution in [0.25, 0.3) is 0 Å². The number of nitrogens with zero attached hydrogens (tertiary/aromatic N) is 1. The van der Waals surface area contributed by atoms with E-state index in [1.54, 1.807) is 19.1 Å². The summed E-state index contributed by atoms with van der Waals surface area (Å²) in [6, 6.07) is 3.30. The zero-order chi connectivity index (χ0) is 12.7. The molecule has 0 saturated carbocycles. The molecule has 0 aliphatic heterocycles. The highest BCUT2D eigenvalue weighted by atomic mass is 16.5. The quantitative estimate of drug-likeness (QED) is 0.450. The SMILES string of the molecule is CCOC(=O)CC#Cc1ccc(C(C)=O)nc1. The third-order valence-electron chi connectivity index (χ3n) is 1.89. The molecule has 0 saturated heterocycles. The Bertz CT molecular complexity index is 466. The van der Waals surface area contributed by atoms with Gasteiger partial charge in [-0.2, -0.15) is 0 Å². The third kappa shape index (κ3) is 4.47. The molecule has 0 fully saturated rings. The van der Waals surface area contributed by atoms with E-state index in [0.717, 1.165) is 0 Å². The van der Waals surface area contributed by atoms with Gasteiger partial charge in [0.25, 0.3) is 0 Å². The molecule has 0 bridgehead atoms. The van der Waals surface area contributed by atoms with Crippen molar-refractivity contribution in [3.05, 3.63) is 29.6 Å². The van der Waals surface area contributed by atoms with Crippen LogP contribution in [0.3, 0.4) is 0 Å². The van der Waals surface area contributed by atoms with Crippen molar-refractivity contribution in [1.29, 1.82) is 0 Å². The molecular weight excluding hydrogens is 218 g/mol. The van der Waals surface area contributed by atoms with Gasteiger partial charge in [-0.15, -0.1) is 0 Å². The molecule has 1 aromatic heterocycles. The maximum atomic E-state index is 11.0. The fraction of sp³-hybridized carbons (Fsp3) is 0.308. The number of carbonyl (C=O) groups is 2. The number of hydrogen-bond donors (Lipinski definition) is 0. The first-order valence-corrected chi connectivity index (χ1v) is 5.25. The Morgan fingerprint density at radius 1 is 1.41 bits per heavy atom. The lowest BCUT2D eigenvalue weighted by Crippen LogP contribution is -2.01. The average molecular weight is 231 g/mol. The molecule has 4 heteroatoms. The van der Waals surface area contributed by atoms with Crippen LogP contribution in [0.4, 0.5) is 0 Å². The Morgan fingerprint density at radius 3 is 2.71 bits per heavy atom. The van der Waals surface area contributed by atoms with Crippen LogP contribution >= 0.6 is 0 Å². The van der Waals surface area contributed by atoms with Crippen molar-refractivity contribution in [2.75, 3.05) is 6.61 Å². The normalized spacial score (nSPS) is 9.06. The Kier molecular flexibility index (Phi) is 4.89. The number of esters is 1. The highest BCUT2D eigenvalue weighted by molar-refractivity contribution is 5.92. The predicted octanol–water partition coefficient (Wildman–Crippen LogP) is 1.59. The number of pyridine rings is 1. The molecule has 0 spiro atoms. The van der Waals surface area contributed by atoms with E-state index in [9.17, 15) is 9.59 Å². The lowest BCUT2D eigenvalue weighted by Gasteiger charge is -1.95. The molecule has 1 aromatic rings. The molecule has 0 N–H and O–H groups in total. The Hall–Kier alpha value is -2.15. The van der Waals surface area contributed by atoms with Gasteiger partial charge >= 0.3 is 5.97 Å². The smallest absolute Gasteiger partial charge is 0.317 e. The van der Waals surface area contributed by atoms with E-state index in [-0.39, 0.29) is 18.2 Å². The van der Waals surface area contributed by atoms with E-state index in [0.29, 0.717) is 17.9 Å². The standard InChI is InChI=1S/C13H13NO3/c1-3-17-13(16)6-4-5-11-7-8-12(10(2)15)14-9-11/h7-9H,3,6H2,1-2H3. The first-order chi connectivity index (χ1) is 8.13. The van der Waals surface area contributed by atoms with E-state index >= 15 is 0 Å². The molecule has 1 heterocycles. The molecule has 1 rings (SSSR count). The molecule has 0 aliphatic carbocycles. The summed E-state index contributed by atoms with van der Waals surface area (Å²) in [4.78, 5) is 25.9. The zero-order valence-corrected chi connectivity index (χ0v) is 9.82. The molecule has 0 aromatic carbocycles. The van der Waals surface area contributed by atoms with E-state index < -0.39 is 0 Å². The minimum absolute atomic E-state index is 0.0578. The minimum Gasteiger partial charge on any atom is -0.465 e. The number of ketones is 1. The summed E-state index contributed by atoms with van der Waals surface area (Å²) in [5, 5.41) is 0. The van der Waals surface area contributed by atoms with Crippen molar-refractivity contribution < 1.29 is 14.3 Å². The van der Waals surface area contributed by atoms with Gasteiger partial charge in [-0.3, -0.25) is 14.6 Å². The molecule has 4 nitrogen and oxygen atoms in total. The molecule has 17 heavy (non-hydrogen) atoms. The minimum atomic E-state index is -0.340. The van der Waals surface area contributed by atoms with Crippen molar-refractivity contribution >= 4 is 11.8 Å². The number of aromatic nitrogens is 1. The Morgan fingerprint density at radius 2 is 2.18 bits per heavy atom. The van der Waals surface area contributed by atoms with E-state index in [4.69, 9.17) is 4.74 Å². The zero-order valence-electron chi connectivity index (χ0n) is 9.82. The van der Waals surface area contributed by atoms with Gasteiger partial charge in [0.05, 0.1) is 6.61 Å². The fourth-order valence-corrected chi connectivity index (χ4v) is 1.11. The van der Waals surface area contributed by atoms with Crippen LogP contribution in [-0.4, -0.2) is 23.3 Å². The fourth-order valence-electron chi connectivity index (χ4n) is 1.11. The van der Waals surface area contributed by atoms with Crippen LogP contribution in [-0.2, 0) is 9.53 Å². The second-order valence-electron chi connectivity index (χ2n) is 3.27. The summed E-state index contributed by atoms with van der Waals surface area (Å²) in [6.45, 7) is 3.56. The van der Waals surface area contributed by atoms with Gasteiger partial charge < -0.3 is 4.74 Å². The summed E-state index contributed by atoms with van der Waals surface area (Å²) in [7, 11) is 0. The van der Waals surface area contributed by atoms with Gasteiger partial charge in [0.2, 0.25) is 0 Å². The maximum absolute atomic E-state index is 11.0. The summed E-state index contributed by atoms with van der Waals surface area (Å²) in [6.07, 6.45) is 1.57. The first kappa shape index (κ1) is 12.9. The van der Waals surface area contributed by atoms with E-state index in [2.05, 4.69) is 16.8 Å². The highest BCUT2D eigenvalue weighted by Crippen LogP contribution is 1.99. The van der Waals surface area contributed by atoms with Gasteiger partial charge in [-0.1, -0.05) is 11.8 Å². The molecule has 0 aliphatic rings. The predicted molar refractivity (Wildman–Crippen MR) is 62.4 cm³/mol. The number of hydrogen-bond acceptors (Lipinski definition) is 4. The first-order valence-electron chi connectivity index (χ1n) is 5.25. The summed E-state index contributed by atoms with van der Waals surface area (Å²) >= 11 is 0. The second-order valence-corrected chi connectivity index (χ2v) is 3.27. The topological polar surface area (TPSA) is 56.3 Å². The van der Waals surface area contributed by atoms with Crippen LogP contribution in [0.1, 0.15) is 36.3 Å². The monoisotopic (exact) mass is 231 g/mol. The van der Waals surface area contributed by atoms with Gasteiger partial charge in [0.15, 0.2) is 5.78 Å². The van der Waals surface area contributed by atoms with Crippen LogP contribution in [0, 0.1) is 11.8 Å². The number of Topliss-reactive ketones (excluding diaryl/α,β-unsaturated/α-hetero) is 1. The molecule has 88 valence electrons. The van der Waals surface area contributed by atoms with Gasteiger partial charge in [-0.05, 0) is 19.1 Å². The molecule has 0 unspecified atom stereocenters. The highest BCUT2D eigenvalue weighted by Gasteiger charge is 1.99. The Labute approximate surface area is 100 Å². The third-order valence-corrected chi connectivity index (χ3v) is 1.89. The average Bonchev–Trinajstić information content (AvgIpc) is 2.30. The van der Waals surface area contributed by atoms with Crippen molar-refractivity contribution in [2.45, 2.75) is 20.3 Å². The summed E-state index contributed by atoms with van der Waals surface area (Å²) in [5.74, 6) is 5.03. The van der Waals surface area contributed by atoms with Crippen molar-refractivity contribution in [3.63, 3.8) is 0 Å². The van der Waals surface area contributed by atoms with E-state index in [1.165, 1.54) is 13.1 Å². The number of carbonyl (C=O) groups excluding carboxylic acids is 2. The summed E-state index contributed by atoms with van der Waals surface area (Å²) in [5.41, 5.74) is 1.07. The Balaban J connectivity index is 2.60. The van der Waals surface area contributed by atoms with Crippen LogP contribution in [0.5, 0.6) is 0 Å². The number of ether oxygens (including phenoxy) is 1. The van der Waals surface area contributed by atoms with E-state index in [1.807, 2.05) is 0 Å². The second kappa shape index (κ2) is 6.44.